The van der Waals surface area contributed by atoms with Crippen molar-refractivity contribution in [2.75, 3.05) is 33.0 Å². The van der Waals surface area contributed by atoms with Crippen molar-refractivity contribution < 1.29 is 9.47 Å². The number of nitrogens with two attached hydrogens (primary N) is 3. The van der Waals surface area contributed by atoms with Crippen molar-refractivity contribution in [3.05, 3.63) is 12.4 Å². The molecule has 6 heteroatoms. The van der Waals surface area contributed by atoms with E-state index in [9.17, 15) is 0 Å². The van der Waals surface area contributed by atoms with E-state index in [1.165, 1.54) is 6.20 Å². The summed E-state index contributed by atoms with van der Waals surface area (Å²) in [6, 6.07) is 2.40. The normalized spacial score (nSPS) is 12.1. The number of rotatable bonds is 12. The molecule has 0 radical (unpaired) electrons. The molecule has 0 bridgehead atoms. The summed E-state index contributed by atoms with van der Waals surface area (Å²) in [6.07, 6.45) is 5.49. The van der Waals surface area contributed by atoms with Gasteiger partial charge in [-0.15, -0.1) is 0 Å². The Morgan fingerprint density at radius 3 is 2.58 bits per heavy atom. The zero-order valence-electron chi connectivity index (χ0n) is 11.4. The fraction of sp³-hybridized carbons (Fsp3) is 0.692. The van der Waals surface area contributed by atoms with Crippen molar-refractivity contribution in [1.29, 1.82) is 0 Å². The fourth-order valence-corrected chi connectivity index (χ4v) is 1.29. The number of nitrogens with one attached hydrogen (secondary N) is 1. The van der Waals surface area contributed by atoms with Gasteiger partial charge in [0.05, 0.1) is 6.61 Å². The fourth-order valence-electron chi connectivity index (χ4n) is 1.29. The minimum atomic E-state index is 0.0716. The Bertz CT molecular complexity index is 274. The lowest BCUT2D eigenvalue weighted by Gasteiger charge is -2.11. The smallest absolute Gasteiger partial charge is 0.0576 e. The van der Waals surface area contributed by atoms with E-state index in [4.69, 9.17) is 26.7 Å². The van der Waals surface area contributed by atoms with Crippen LogP contribution in [0.4, 0.5) is 0 Å². The number of hydrogen-bond donors (Lipinski definition) is 4. The molecule has 19 heavy (non-hydrogen) atoms. The van der Waals surface area contributed by atoms with Crippen molar-refractivity contribution in [2.24, 2.45) is 17.2 Å². The largest absolute Gasteiger partial charge is 0.403 e. The monoisotopic (exact) mass is 270 g/mol. The molecule has 1 unspecified atom stereocenters. The van der Waals surface area contributed by atoms with Gasteiger partial charge < -0.3 is 32.0 Å². The molecule has 1 atom stereocenters. The summed E-state index contributed by atoms with van der Waals surface area (Å²) in [5.74, 6) is 2.73. The molecule has 0 rings (SSSR count). The van der Waals surface area contributed by atoms with Gasteiger partial charge in [-0.2, -0.15) is 0 Å². The van der Waals surface area contributed by atoms with Crippen LogP contribution >= 0.6 is 0 Å². The molecule has 0 aromatic rings. The lowest BCUT2D eigenvalue weighted by Crippen LogP contribution is -2.32. The maximum Gasteiger partial charge on any atom is 0.0576 e. The quantitative estimate of drug-likeness (QED) is 0.215. The summed E-state index contributed by atoms with van der Waals surface area (Å²) in [6.45, 7) is 3.35. The van der Waals surface area contributed by atoms with Gasteiger partial charge in [0, 0.05) is 57.3 Å². The molecule has 0 aromatic heterocycles. The molecule has 6 nitrogen and oxygen atoms in total. The highest BCUT2D eigenvalue weighted by molar-refractivity contribution is 4.93. The molecule has 0 saturated carbocycles. The Morgan fingerprint density at radius 1 is 1.16 bits per heavy atom. The van der Waals surface area contributed by atoms with Crippen LogP contribution in [0.25, 0.3) is 0 Å². The van der Waals surface area contributed by atoms with E-state index >= 15 is 0 Å². The van der Waals surface area contributed by atoms with Gasteiger partial charge >= 0.3 is 0 Å². The molecule has 0 aliphatic carbocycles. The topological polar surface area (TPSA) is 109 Å². The molecule has 0 saturated heterocycles. The van der Waals surface area contributed by atoms with Crippen molar-refractivity contribution in [1.82, 2.24) is 5.32 Å². The van der Waals surface area contributed by atoms with E-state index in [1.807, 2.05) is 0 Å². The van der Waals surface area contributed by atoms with Gasteiger partial charge in [0.2, 0.25) is 0 Å². The van der Waals surface area contributed by atoms with E-state index < -0.39 is 0 Å². The average Bonchev–Trinajstić information content (AvgIpc) is 2.41. The molecule has 7 N–H and O–H groups in total. The predicted molar refractivity (Wildman–Crippen MR) is 76.8 cm³/mol. The Labute approximate surface area is 115 Å². The Kier molecular flexibility index (Phi) is 13.5. The van der Waals surface area contributed by atoms with Gasteiger partial charge in [0.25, 0.3) is 0 Å². The summed E-state index contributed by atoms with van der Waals surface area (Å²) < 4.78 is 10.8. The van der Waals surface area contributed by atoms with Crippen LogP contribution in [0.2, 0.25) is 0 Å². The molecular formula is C13H26N4O2. The van der Waals surface area contributed by atoms with Gasteiger partial charge in [-0.05, 0) is 12.8 Å². The van der Waals surface area contributed by atoms with E-state index in [1.54, 1.807) is 6.20 Å². The molecule has 0 spiro atoms. The average molecular weight is 270 g/mol. The first kappa shape index (κ1) is 17.6. The van der Waals surface area contributed by atoms with Gasteiger partial charge in [0.15, 0.2) is 0 Å². The second-order valence-corrected chi connectivity index (χ2v) is 3.97. The first-order chi connectivity index (χ1) is 9.31. The molecular weight excluding hydrogens is 244 g/mol. The van der Waals surface area contributed by atoms with Crippen molar-refractivity contribution in [2.45, 2.75) is 25.3 Å². The van der Waals surface area contributed by atoms with Crippen molar-refractivity contribution in [3.63, 3.8) is 0 Å². The Morgan fingerprint density at radius 2 is 1.89 bits per heavy atom. The van der Waals surface area contributed by atoms with Crippen LogP contribution in [0.5, 0.6) is 0 Å². The first-order valence-corrected chi connectivity index (χ1v) is 6.51. The van der Waals surface area contributed by atoms with Crippen LogP contribution in [-0.2, 0) is 9.47 Å². The van der Waals surface area contributed by atoms with E-state index in [2.05, 4.69) is 17.3 Å². The summed E-state index contributed by atoms with van der Waals surface area (Å²) in [5, 5.41) is 2.99. The van der Waals surface area contributed by atoms with Gasteiger partial charge in [-0.3, -0.25) is 0 Å². The predicted octanol–water partition coefficient (Wildman–Crippen LogP) is -0.544. The Hall–Kier alpha value is -1.42. The highest BCUT2D eigenvalue weighted by Gasteiger charge is 2.00. The van der Waals surface area contributed by atoms with E-state index in [0.717, 1.165) is 12.8 Å². The lowest BCUT2D eigenvalue weighted by molar-refractivity contribution is 0.0822. The maximum atomic E-state index is 5.86. The summed E-state index contributed by atoms with van der Waals surface area (Å²) in [5.41, 5.74) is 16.1. The van der Waals surface area contributed by atoms with Gasteiger partial charge in [-0.25, -0.2) is 0 Å². The van der Waals surface area contributed by atoms with E-state index in [-0.39, 0.29) is 6.04 Å². The number of hydrogen-bond acceptors (Lipinski definition) is 6. The van der Waals surface area contributed by atoms with Crippen LogP contribution in [0.15, 0.2) is 12.4 Å². The molecule has 0 aliphatic heterocycles. The minimum absolute atomic E-state index is 0.0716. The van der Waals surface area contributed by atoms with Crippen LogP contribution in [0, 0.1) is 12.0 Å². The van der Waals surface area contributed by atoms with E-state index in [0.29, 0.717) is 39.4 Å². The standard InChI is InChI=1S/C13H26N4O2/c14-5-1-2-8-18-9-3-10-19-11-4-13(16)12-17-7-6-15/h6-7,13,17H,2-4,8-12,14-16H2/b7-6-. The summed E-state index contributed by atoms with van der Waals surface area (Å²) >= 11 is 0. The van der Waals surface area contributed by atoms with Crippen LogP contribution in [0.3, 0.4) is 0 Å². The molecule has 0 heterocycles. The number of ether oxygens (including phenoxy) is 2. The van der Waals surface area contributed by atoms with Crippen LogP contribution < -0.4 is 22.5 Å². The second kappa shape index (κ2) is 14.6. The third-order valence-corrected chi connectivity index (χ3v) is 2.28. The zero-order chi connectivity index (χ0) is 14.2. The van der Waals surface area contributed by atoms with Crippen LogP contribution in [-0.4, -0.2) is 39.0 Å². The van der Waals surface area contributed by atoms with Crippen LogP contribution in [0.1, 0.15) is 19.3 Å². The minimum Gasteiger partial charge on any atom is -0.403 e. The molecule has 0 fully saturated rings. The van der Waals surface area contributed by atoms with Crippen molar-refractivity contribution in [3.8, 4) is 12.0 Å². The zero-order valence-corrected chi connectivity index (χ0v) is 11.4. The third kappa shape index (κ3) is 14.5. The summed E-state index contributed by atoms with van der Waals surface area (Å²) in [4.78, 5) is 0. The first-order valence-electron chi connectivity index (χ1n) is 6.51. The van der Waals surface area contributed by atoms with Crippen molar-refractivity contribution >= 4 is 0 Å². The molecule has 0 amide bonds. The molecule has 110 valence electrons. The highest BCUT2D eigenvalue weighted by Crippen LogP contribution is 1.91. The SMILES string of the molecule is NC#CCCOCCCOCCC(N)CN/C=C\N. The second-order valence-electron chi connectivity index (χ2n) is 3.97. The molecule has 0 aliphatic rings. The Balaban J connectivity index is 3.14. The summed E-state index contributed by atoms with van der Waals surface area (Å²) in [7, 11) is 0. The molecule has 0 aromatic carbocycles. The highest BCUT2D eigenvalue weighted by atomic mass is 16.5. The lowest BCUT2D eigenvalue weighted by atomic mass is 10.2. The van der Waals surface area contributed by atoms with Gasteiger partial charge in [-0.1, -0.05) is 5.92 Å². The maximum absolute atomic E-state index is 5.86. The van der Waals surface area contributed by atoms with Gasteiger partial charge in [0.1, 0.15) is 0 Å². The third-order valence-electron chi connectivity index (χ3n) is 2.28.